The van der Waals surface area contributed by atoms with E-state index in [2.05, 4.69) is 0 Å². The first kappa shape index (κ1) is 12.8. The normalized spacial score (nSPS) is 12.1. The summed E-state index contributed by atoms with van der Waals surface area (Å²) in [6, 6.07) is 13.4. The van der Waals surface area contributed by atoms with Crippen LogP contribution in [0.1, 0.15) is 16.4 Å². The Hall–Kier alpha value is -1.65. The van der Waals surface area contributed by atoms with Crippen molar-refractivity contribution in [1.29, 1.82) is 0 Å². The van der Waals surface area contributed by atoms with Crippen molar-refractivity contribution in [3.63, 3.8) is 0 Å². The lowest BCUT2D eigenvalue weighted by molar-refractivity contribution is -0.146. The highest BCUT2D eigenvalue weighted by atomic mass is 32.1. The van der Waals surface area contributed by atoms with E-state index in [-0.39, 0.29) is 18.4 Å². The Bertz CT molecular complexity index is 482. The molecule has 4 heteroatoms. The summed E-state index contributed by atoms with van der Waals surface area (Å²) in [6.45, 7) is 0.577. The zero-order valence-electron chi connectivity index (χ0n) is 9.91. The Morgan fingerprint density at radius 3 is 2.61 bits per heavy atom. The second-order valence-electron chi connectivity index (χ2n) is 3.89. The van der Waals surface area contributed by atoms with Crippen molar-refractivity contribution in [2.75, 3.05) is 6.54 Å². The summed E-state index contributed by atoms with van der Waals surface area (Å²) in [7, 11) is 0. The topological polar surface area (TPSA) is 52.3 Å². The molecule has 3 nitrogen and oxygen atoms in total. The van der Waals surface area contributed by atoms with Gasteiger partial charge in [-0.2, -0.15) is 0 Å². The van der Waals surface area contributed by atoms with Gasteiger partial charge in [-0.15, -0.1) is 11.3 Å². The van der Waals surface area contributed by atoms with Crippen LogP contribution < -0.4 is 5.73 Å². The average molecular weight is 261 g/mol. The first-order valence-corrected chi connectivity index (χ1v) is 6.63. The zero-order chi connectivity index (χ0) is 12.8. The van der Waals surface area contributed by atoms with Gasteiger partial charge < -0.3 is 10.5 Å². The molecule has 2 N–H and O–H groups in total. The molecule has 0 aliphatic rings. The van der Waals surface area contributed by atoms with Gasteiger partial charge in [0, 0.05) is 11.4 Å². The van der Waals surface area contributed by atoms with Crippen LogP contribution in [0.2, 0.25) is 0 Å². The van der Waals surface area contributed by atoms with E-state index in [4.69, 9.17) is 10.5 Å². The number of ether oxygens (including phenoxy) is 1. The van der Waals surface area contributed by atoms with Crippen molar-refractivity contribution in [1.82, 2.24) is 0 Å². The van der Waals surface area contributed by atoms with Gasteiger partial charge in [0.1, 0.15) is 6.61 Å². The van der Waals surface area contributed by atoms with Crippen molar-refractivity contribution in [3.05, 3.63) is 58.3 Å². The third-order valence-corrected chi connectivity index (χ3v) is 3.51. The largest absolute Gasteiger partial charge is 0.459 e. The molecule has 0 amide bonds. The van der Waals surface area contributed by atoms with Gasteiger partial charge in [-0.1, -0.05) is 36.4 Å². The van der Waals surface area contributed by atoms with Gasteiger partial charge in [-0.3, -0.25) is 4.79 Å². The number of rotatable bonds is 5. The molecule has 0 spiro atoms. The maximum atomic E-state index is 12.0. The summed E-state index contributed by atoms with van der Waals surface area (Å²) in [5, 5.41) is 1.96. The summed E-state index contributed by atoms with van der Waals surface area (Å²) >= 11 is 1.57. The van der Waals surface area contributed by atoms with Gasteiger partial charge >= 0.3 is 5.97 Å². The van der Waals surface area contributed by atoms with E-state index in [1.165, 1.54) is 0 Å². The maximum absolute atomic E-state index is 12.0. The fourth-order valence-corrected chi connectivity index (χ4v) is 2.31. The smallest absolute Gasteiger partial charge is 0.315 e. The summed E-state index contributed by atoms with van der Waals surface area (Å²) in [5.41, 5.74) is 6.56. The number of nitrogens with two attached hydrogens (primary N) is 1. The van der Waals surface area contributed by atoms with Crippen molar-refractivity contribution >= 4 is 17.3 Å². The van der Waals surface area contributed by atoms with Gasteiger partial charge in [0.25, 0.3) is 0 Å². The Balaban J connectivity index is 1.98. The van der Waals surface area contributed by atoms with Crippen LogP contribution in [0.3, 0.4) is 0 Å². The van der Waals surface area contributed by atoms with Crippen molar-refractivity contribution in [2.24, 2.45) is 5.73 Å². The molecule has 1 aromatic heterocycles. The summed E-state index contributed by atoms with van der Waals surface area (Å²) in [5.74, 6) is -0.650. The van der Waals surface area contributed by atoms with E-state index in [1.54, 1.807) is 11.3 Å². The van der Waals surface area contributed by atoms with Gasteiger partial charge in [0.15, 0.2) is 0 Å². The standard InChI is InChI=1S/C14H15NO2S/c15-9-13(11-5-2-1-3-6-11)14(16)17-10-12-7-4-8-18-12/h1-8,13H,9-10,15H2. The first-order chi connectivity index (χ1) is 8.81. The molecule has 0 aliphatic heterocycles. The number of carbonyl (C=O) groups is 1. The summed E-state index contributed by atoms with van der Waals surface area (Å²) in [4.78, 5) is 13.0. The van der Waals surface area contributed by atoms with Crippen LogP contribution >= 0.6 is 11.3 Å². The number of hydrogen-bond acceptors (Lipinski definition) is 4. The van der Waals surface area contributed by atoms with Crippen LogP contribution in [-0.4, -0.2) is 12.5 Å². The predicted molar refractivity (Wildman–Crippen MR) is 72.4 cm³/mol. The number of carbonyl (C=O) groups excluding carboxylic acids is 1. The molecule has 0 fully saturated rings. The molecule has 0 bridgehead atoms. The molecule has 0 aliphatic carbocycles. The monoisotopic (exact) mass is 261 g/mol. The van der Waals surface area contributed by atoms with Gasteiger partial charge in [-0.05, 0) is 17.0 Å². The molecule has 2 aromatic rings. The van der Waals surface area contributed by atoms with Crippen LogP contribution in [0.5, 0.6) is 0 Å². The molecule has 1 aromatic carbocycles. The molecule has 0 saturated carbocycles. The van der Waals surface area contributed by atoms with Crippen LogP contribution in [0, 0.1) is 0 Å². The highest BCUT2D eigenvalue weighted by Gasteiger charge is 2.20. The van der Waals surface area contributed by atoms with E-state index in [0.29, 0.717) is 6.61 Å². The molecule has 1 heterocycles. The number of esters is 1. The quantitative estimate of drug-likeness (QED) is 0.841. The van der Waals surface area contributed by atoms with E-state index < -0.39 is 0 Å². The van der Waals surface area contributed by atoms with Crippen LogP contribution in [0.15, 0.2) is 47.8 Å². The Kier molecular flexibility index (Phi) is 4.50. The Morgan fingerprint density at radius 1 is 1.22 bits per heavy atom. The van der Waals surface area contributed by atoms with Gasteiger partial charge in [0.05, 0.1) is 5.92 Å². The molecule has 1 atom stereocenters. The number of benzene rings is 1. The van der Waals surface area contributed by atoms with Gasteiger partial charge in [-0.25, -0.2) is 0 Å². The van der Waals surface area contributed by atoms with Crippen molar-refractivity contribution < 1.29 is 9.53 Å². The fraction of sp³-hybridized carbons (Fsp3) is 0.214. The third-order valence-electron chi connectivity index (χ3n) is 2.66. The molecular formula is C14H15NO2S. The highest BCUT2D eigenvalue weighted by Crippen LogP contribution is 2.17. The number of thiophene rings is 1. The van der Waals surface area contributed by atoms with Crippen LogP contribution in [0.25, 0.3) is 0 Å². The first-order valence-electron chi connectivity index (χ1n) is 5.75. The fourth-order valence-electron chi connectivity index (χ4n) is 1.69. The minimum atomic E-state index is -0.383. The van der Waals surface area contributed by atoms with E-state index in [0.717, 1.165) is 10.4 Å². The number of hydrogen-bond donors (Lipinski definition) is 1. The molecule has 1 unspecified atom stereocenters. The van der Waals surface area contributed by atoms with Crippen molar-refractivity contribution in [2.45, 2.75) is 12.5 Å². The molecule has 0 radical (unpaired) electrons. The molecule has 18 heavy (non-hydrogen) atoms. The zero-order valence-corrected chi connectivity index (χ0v) is 10.7. The molecule has 94 valence electrons. The minimum Gasteiger partial charge on any atom is -0.459 e. The van der Waals surface area contributed by atoms with Gasteiger partial charge in [0.2, 0.25) is 0 Å². The SMILES string of the molecule is NCC(C(=O)OCc1cccs1)c1ccccc1. The van der Waals surface area contributed by atoms with E-state index in [1.807, 2.05) is 47.8 Å². The van der Waals surface area contributed by atoms with Crippen molar-refractivity contribution in [3.8, 4) is 0 Å². The van der Waals surface area contributed by atoms with Crippen LogP contribution in [0.4, 0.5) is 0 Å². The predicted octanol–water partition coefficient (Wildman–Crippen LogP) is 2.53. The molecule has 2 rings (SSSR count). The van der Waals surface area contributed by atoms with Crippen LogP contribution in [-0.2, 0) is 16.1 Å². The Labute approximate surface area is 110 Å². The molecular weight excluding hydrogens is 246 g/mol. The minimum absolute atomic E-state index is 0.257. The van der Waals surface area contributed by atoms with E-state index >= 15 is 0 Å². The lowest BCUT2D eigenvalue weighted by atomic mass is 10.00. The summed E-state index contributed by atoms with van der Waals surface area (Å²) in [6.07, 6.45) is 0. The maximum Gasteiger partial charge on any atom is 0.315 e. The second kappa shape index (κ2) is 6.33. The molecule has 0 saturated heterocycles. The lowest BCUT2D eigenvalue weighted by Crippen LogP contribution is -2.23. The average Bonchev–Trinajstić information content (AvgIpc) is 2.92. The second-order valence-corrected chi connectivity index (χ2v) is 4.92. The summed E-state index contributed by atoms with van der Waals surface area (Å²) < 4.78 is 5.29. The highest BCUT2D eigenvalue weighted by molar-refractivity contribution is 7.09. The Morgan fingerprint density at radius 2 is 2.00 bits per heavy atom. The lowest BCUT2D eigenvalue weighted by Gasteiger charge is -2.13. The van der Waals surface area contributed by atoms with E-state index in [9.17, 15) is 4.79 Å². The third kappa shape index (κ3) is 3.18.